The highest BCUT2D eigenvalue weighted by molar-refractivity contribution is 4.83. The summed E-state index contributed by atoms with van der Waals surface area (Å²) in [5, 5.41) is 13.8. The maximum Gasteiger partial charge on any atom is 0.140 e. The van der Waals surface area contributed by atoms with Gasteiger partial charge in [-0.05, 0) is 20.9 Å². The van der Waals surface area contributed by atoms with Crippen LogP contribution >= 0.6 is 0 Å². The van der Waals surface area contributed by atoms with Crippen molar-refractivity contribution >= 4 is 0 Å². The van der Waals surface area contributed by atoms with Gasteiger partial charge in [0.1, 0.15) is 12.2 Å². The minimum atomic E-state index is -0.476. The van der Waals surface area contributed by atoms with Crippen molar-refractivity contribution in [3.8, 4) is 0 Å². The van der Waals surface area contributed by atoms with Crippen LogP contribution < -0.4 is 0 Å². The van der Waals surface area contributed by atoms with Crippen molar-refractivity contribution in [3.63, 3.8) is 0 Å². The number of aryl methyl sites for hydroxylation is 1. The molecule has 0 bridgehead atoms. The highest BCUT2D eigenvalue weighted by Crippen LogP contribution is 2.00. The Bertz CT molecular complexity index is 327. The average Bonchev–Trinajstić information content (AvgIpc) is 2.61. The minimum absolute atomic E-state index is 0.147. The van der Waals surface area contributed by atoms with Crippen LogP contribution in [0.25, 0.3) is 0 Å². The van der Waals surface area contributed by atoms with E-state index in [9.17, 15) is 5.11 Å². The summed E-state index contributed by atoms with van der Waals surface area (Å²) in [6.07, 6.45) is 1.20. The number of aromatic nitrogens is 3. The molecule has 1 atom stereocenters. The van der Waals surface area contributed by atoms with Gasteiger partial charge in [-0.3, -0.25) is 9.58 Å². The predicted octanol–water partition coefficient (Wildman–Crippen LogP) is 0.0328. The molecule has 0 saturated heterocycles. The van der Waals surface area contributed by atoms with Gasteiger partial charge in [0.15, 0.2) is 0 Å². The Kier molecular flexibility index (Phi) is 5.54. The fourth-order valence-corrected chi connectivity index (χ4v) is 1.49. The number of hydrogen-bond donors (Lipinski definition) is 1. The molecule has 1 unspecified atom stereocenters. The summed E-state index contributed by atoms with van der Waals surface area (Å²) < 4.78 is 7.08. The summed E-state index contributed by atoms with van der Waals surface area (Å²) in [5.41, 5.74) is 0. The molecule has 0 aliphatic heterocycles. The number of nitrogens with zero attached hydrogens (tertiary/aromatic N) is 4. The van der Waals surface area contributed by atoms with Gasteiger partial charge in [0.05, 0.1) is 25.4 Å². The molecule has 1 aromatic rings. The molecule has 0 fully saturated rings. The Hall–Kier alpha value is -0.980. The largest absolute Gasteiger partial charge is 0.389 e. The monoisotopic (exact) mass is 242 g/mol. The van der Waals surface area contributed by atoms with E-state index < -0.39 is 6.10 Å². The van der Waals surface area contributed by atoms with Crippen LogP contribution in [0.5, 0.6) is 0 Å². The lowest BCUT2D eigenvalue weighted by Gasteiger charge is -2.20. The fraction of sp³-hybridized carbons (Fsp3) is 0.818. The molecule has 1 aromatic heterocycles. The summed E-state index contributed by atoms with van der Waals surface area (Å²) in [4.78, 5) is 6.13. The highest BCUT2D eigenvalue weighted by Gasteiger charge is 2.11. The predicted molar refractivity (Wildman–Crippen MR) is 64.4 cm³/mol. The topological polar surface area (TPSA) is 63.4 Å². The van der Waals surface area contributed by atoms with E-state index >= 15 is 0 Å². The maximum absolute atomic E-state index is 9.76. The van der Waals surface area contributed by atoms with Crippen molar-refractivity contribution in [1.82, 2.24) is 19.7 Å². The summed E-state index contributed by atoms with van der Waals surface area (Å²) in [5.74, 6) is 0.879. The third-order valence-electron chi connectivity index (χ3n) is 2.36. The van der Waals surface area contributed by atoms with Gasteiger partial charge in [0.2, 0.25) is 0 Å². The average molecular weight is 242 g/mol. The maximum atomic E-state index is 9.76. The van der Waals surface area contributed by atoms with Gasteiger partial charge in [-0.1, -0.05) is 0 Å². The lowest BCUT2D eigenvalue weighted by Crippen LogP contribution is -2.33. The van der Waals surface area contributed by atoms with Gasteiger partial charge in [-0.15, -0.1) is 0 Å². The van der Waals surface area contributed by atoms with Crippen molar-refractivity contribution in [1.29, 1.82) is 0 Å². The third kappa shape index (κ3) is 5.25. The summed E-state index contributed by atoms with van der Waals surface area (Å²) >= 11 is 0. The van der Waals surface area contributed by atoms with Crippen LogP contribution in [0, 0.1) is 0 Å². The SMILES string of the molecule is CC(C)OCC(O)CN(C)Cc1ncnn1C. The summed E-state index contributed by atoms with van der Waals surface area (Å²) in [7, 11) is 3.79. The van der Waals surface area contributed by atoms with Crippen LogP contribution in [0.15, 0.2) is 6.33 Å². The van der Waals surface area contributed by atoms with E-state index in [4.69, 9.17) is 4.74 Å². The van der Waals surface area contributed by atoms with Crippen LogP contribution in [0.4, 0.5) is 0 Å². The van der Waals surface area contributed by atoms with Crippen LogP contribution in [-0.4, -0.2) is 57.2 Å². The molecule has 0 aliphatic carbocycles. The first-order valence-corrected chi connectivity index (χ1v) is 5.80. The van der Waals surface area contributed by atoms with Crippen molar-refractivity contribution < 1.29 is 9.84 Å². The molecular formula is C11H22N4O2. The standard InChI is InChI=1S/C11H22N4O2/c1-9(2)17-7-10(16)5-14(3)6-11-12-8-13-15(11)4/h8-10,16H,5-7H2,1-4H3. The Morgan fingerprint density at radius 2 is 2.24 bits per heavy atom. The van der Waals surface area contributed by atoms with Crippen molar-refractivity contribution in [2.24, 2.45) is 7.05 Å². The zero-order valence-corrected chi connectivity index (χ0v) is 11.0. The lowest BCUT2D eigenvalue weighted by atomic mass is 10.3. The normalized spacial score (nSPS) is 13.6. The van der Waals surface area contributed by atoms with E-state index in [0.29, 0.717) is 19.7 Å². The number of aliphatic hydroxyl groups is 1. The molecule has 0 aliphatic rings. The summed E-state index contributed by atoms with van der Waals surface area (Å²) in [6.45, 7) is 5.49. The second kappa shape index (κ2) is 6.68. The lowest BCUT2D eigenvalue weighted by molar-refractivity contribution is -0.00666. The highest BCUT2D eigenvalue weighted by atomic mass is 16.5. The molecule has 0 aromatic carbocycles. The molecule has 1 N–H and O–H groups in total. The molecule has 6 heteroatoms. The first kappa shape index (κ1) is 14.1. The van der Waals surface area contributed by atoms with Crippen molar-refractivity contribution in [2.45, 2.75) is 32.6 Å². The second-order valence-corrected chi connectivity index (χ2v) is 4.53. The molecule has 0 radical (unpaired) electrons. The molecule has 1 heterocycles. The zero-order chi connectivity index (χ0) is 12.8. The van der Waals surface area contributed by atoms with Crippen LogP contribution in [0.2, 0.25) is 0 Å². The molecule has 0 amide bonds. The van der Waals surface area contributed by atoms with Gasteiger partial charge in [0.25, 0.3) is 0 Å². The van der Waals surface area contributed by atoms with E-state index in [1.54, 1.807) is 4.68 Å². The molecule has 1 rings (SSSR count). The quantitative estimate of drug-likeness (QED) is 0.731. The Balaban J connectivity index is 2.29. The van der Waals surface area contributed by atoms with Crippen molar-refractivity contribution in [2.75, 3.05) is 20.2 Å². The van der Waals surface area contributed by atoms with Crippen LogP contribution in [-0.2, 0) is 18.3 Å². The first-order chi connectivity index (χ1) is 7.99. The minimum Gasteiger partial charge on any atom is -0.389 e. The van der Waals surface area contributed by atoms with E-state index in [1.165, 1.54) is 6.33 Å². The molecule has 17 heavy (non-hydrogen) atoms. The van der Waals surface area contributed by atoms with Gasteiger partial charge in [-0.25, -0.2) is 4.98 Å². The Labute approximate surface area is 102 Å². The van der Waals surface area contributed by atoms with E-state index in [2.05, 4.69) is 10.1 Å². The number of likely N-dealkylation sites (N-methyl/N-ethyl adjacent to an activating group) is 1. The number of ether oxygens (including phenoxy) is 1. The second-order valence-electron chi connectivity index (χ2n) is 4.53. The van der Waals surface area contributed by atoms with Gasteiger partial charge in [-0.2, -0.15) is 5.10 Å². The fourth-order valence-electron chi connectivity index (χ4n) is 1.49. The Morgan fingerprint density at radius 3 is 2.76 bits per heavy atom. The Morgan fingerprint density at radius 1 is 1.53 bits per heavy atom. The van der Waals surface area contributed by atoms with Gasteiger partial charge >= 0.3 is 0 Å². The van der Waals surface area contributed by atoms with Crippen molar-refractivity contribution in [3.05, 3.63) is 12.2 Å². The van der Waals surface area contributed by atoms with Gasteiger partial charge in [0, 0.05) is 13.6 Å². The molecule has 6 nitrogen and oxygen atoms in total. The van der Waals surface area contributed by atoms with E-state index in [0.717, 1.165) is 5.82 Å². The van der Waals surface area contributed by atoms with E-state index in [1.807, 2.05) is 32.8 Å². The van der Waals surface area contributed by atoms with Crippen LogP contribution in [0.1, 0.15) is 19.7 Å². The summed E-state index contributed by atoms with van der Waals surface area (Å²) in [6, 6.07) is 0. The third-order valence-corrected chi connectivity index (χ3v) is 2.36. The van der Waals surface area contributed by atoms with Crippen LogP contribution in [0.3, 0.4) is 0 Å². The molecule has 0 saturated carbocycles. The first-order valence-electron chi connectivity index (χ1n) is 5.80. The molecule has 98 valence electrons. The zero-order valence-electron chi connectivity index (χ0n) is 11.0. The molecule has 0 spiro atoms. The smallest absolute Gasteiger partial charge is 0.140 e. The molecular weight excluding hydrogens is 220 g/mol. The number of rotatable bonds is 7. The van der Waals surface area contributed by atoms with Gasteiger partial charge < -0.3 is 9.84 Å². The number of hydrogen-bond acceptors (Lipinski definition) is 5. The van der Waals surface area contributed by atoms with E-state index in [-0.39, 0.29) is 6.10 Å². The number of aliphatic hydroxyl groups excluding tert-OH is 1.